The van der Waals surface area contributed by atoms with Crippen molar-refractivity contribution in [1.82, 2.24) is 4.98 Å². The second-order valence-electron chi connectivity index (χ2n) is 3.86. The molecule has 20 heavy (non-hydrogen) atoms. The molecule has 1 aromatic heterocycles. The average molecular weight is 306 g/mol. The topological polar surface area (TPSA) is 48.1 Å². The van der Waals surface area contributed by atoms with Crippen LogP contribution in [0.15, 0.2) is 23.6 Å². The molecule has 1 heterocycles. The third kappa shape index (κ3) is 3.45. The lowest BCUT2D eigenvalue weighted by molar-refractivity contribution is -0.140. The molecule has 0 saturated carbocycles. The van der Waals surface area contributed by atoms with E-state index < -0.39 is 17.6 Å². The summed E-state index contributed by atoms with van der Waals surface area (Å²) in [5.41, 5.74) is 4.61. The van der Waals surface area contributed by atoms with Crippen LogP contribution in [0.1, 0.15) is 16.3 Å². The number of aromatic nitrogens is 1. The summed E-state index contributed by atoms with van der Waals surface area (Å²) in [6, 6.07) is 2.50. The normalized spacial score (nSPS) is 11.7. The highest BCUT2D eigenvalue weighted by Gasteiger charge is 2.34. The predicted molar refractivity (Wildman–Crippen MR) is 65.7 cm³/mol. The molecule has 0 aliphatic rings. The largest absolute Gasteiger partial charge is 0.487 e. The molecule has 2 rings (SSSR count). The standard InChI is InChI=1S/C12H10F4N2OS/c13-10-2-1-8(3-9(10)12(14,15)16)19-5-7-6-20-11(4-17)18-7/h1-3,6H,4-5,17H2. The van der Waals surface area contributed by atoms with Gasteiger partial charge in [-0.3, -0.25) is 0 Å². The Morgan fingerprint density at radius 2 is 2.05 bits per heavy atom. The summed E-state index contributed by atoms with van der Waals surface area (Å²) in [7, 11) is 0. The van der Waals surface area contributed by atoms with E-state index in [-0.39, 0.29) is 12.4 Å². The molecule has 0 unspecified atom stereocenters. The number of nitrogens with two attached hydrogens (primary N) is 1. The van der Waals surface area contributed by atoms with E-state index in [1.54, 1.807) is 5.38 Å². The maximum atomic E-state index is 13.1. The van der Waals surface area contributed by atoms with Gasteiger partial charge in [0.1, 0.15) is 23.2 Å². The molecule has 0 atom stereocenters. The van der Waals surface area contributed by atoms with Gasteiger partial charge in [0.2, 0.25) is 0 Å². The fourth-order valence-electron chi connectivity index (χ4n) is 1.48. The van der Waals surface area contributed by atoms with E-state index in [4.69, 9.17) is 10.5 Å². The quantitative estimate of drug-likeness (QED) is 0.881. The minimum atomic E-state index is -4.75. The summed E-state index contributed by atoms with van der Waals surface area (Å²) in [5.74, 6) is -1.40. The Hall–Kier alpha value is -1.67. The monoisotopic (exact) mass is 306 g/mol. The van der Waals surface area contributed by atoms with Crippen LogP contribution in [0.2, 0.25) is 0 Å². The molecule has 2 aromatic rings. The highest BCUT2D eigenvalue weighted by molar-refractivity contribution is 7.09. The molecule has 0 amide bonds. The maximum Gasteiger partial charge on any atom is 0.419 e. The van der Waals surface area contributed by atoms with Crippen molar-refractivity contribution in [1.29, 1.82) is 0 Å². The molecule has 8 heteroatoms. The molecule has 108 valence electrons. The first kappa shape index (κ1) is 14.7. The van der Waals surface area contributed by atoms with Crippen molar-refractivity contribution in [3.63, 3.8) is 0 Å². The summed E-state index contributed by atoms with van der Waals surface area (Å²) in [5, 5.41) is 2.41. The van der Waals surface area contributed by atoms with Crippen molar-refractivity contribution < 1.29 is 22.3 Å². The Kier molecular flexibility index (Phi) is 4.24. The minimum Gasteiger partial charge on any atom is -0.487 e. The van der Waals surface area contributed by atoms with Gasteiger partial charge in [-0.1, -0.05) is 0 Å². The van der Waals surface area contributed by atoms with Crippen LogP contribution in [-0.2, 0) is 19.3 Å². The molecule has 3 nitrogen and oxygen atoms in total. The molecule has 0 spiro atoms. The predicted octanol–water partition coefficient (Wildman–Crippen LogP) is 3.34. The summed E-state index contributed by atoms with van der Waals surface area (Å²) in [4.78, 5) is 4.10. The number of nitrogens with zero attached hydrogens (tertiary/aromatic N) is 1. The van der Waals surface area contributed by atoms with Crippen molar-refractivity contribution in [2.45, 2.75) is 19.3 Å². The third-order valence-corrected chi connectivity index (χ3v) is 3.32. The zero-order chi connectivity index (χ0) is 14.8. The van der Waals surface area contributed by atoms with Crippen LogP contribution in [0.5, 0.6) is 5.75 Å². The molecule has 0 saturated heterocycles. The highest BCUT2D eigenvalue weighted by atomic mass is 32.1. The van der Waals surface area contributed by atoms with E-state index in [0.717, 1.165) is 12.1 Å². The zero-order valence-corrected chi connectivity index (χ0v) is 10.9. The van der Waals surface area contributed by atoms with Crippen molar-refractivity contribution >= 4 is 11.3 Å². The Balaban J connectivity index is 2.10. The Morgan fingerprint density at radius 3 is 2.65 bits per heavy atom. The number of thiazole rings is 1. The van der Waals surface area contributed by atoms with E-state index in [1.165, 1.54) is 11.3 Å². The van der Waals surface area contributed by atoms with Crippen LogP contribution in [-0.4, -0.2) is 4.98 Å². The molecule has 0 aliphatic heterocycles. The molecular formula is C12H10F4N2OS. The lowest BCUT2D eigenvalue weighted by Gasteiger charge is -2.10. The number of rotatable bonds is 4. The van der Waals surface area contributed by atoms with Crippen LogP contribution in [0.25, 0.3) is 0 Å². The Morgan fingerprint density at radius 1 is 1.30 bits per heavy atom. The third-order valence-electron chi connectivity index (χ3n) is 2.40. The summed E-state index contributed by atoms with van der Waals surface area (Å²) in [6.45, 7) is 0.291. The molecule has 1 aromatic carbocycles. The highest BCUT2D eigenvalue weighted by Crippen LogP contribution is 2.33. The lowest BCUT2D eigenvalue weighted by Crippen LogP contribution is -2.08. The molecular weight excluding hydrogens is 296 g/mol. The molecule has 0 bridgehead atoms. The van der Waals surface area contributed by atoms with Crippen molar-refractivity contribution in [2.24, 2.45) is 5.73 Å². The number of alkyl halides is 3. The van der Waals surface area contributed by atoms with E-state index in [9.17, 15) is 17.6 Å². The fourth-order valence-corrected chi connectivity index (χ4v) is 2.14. The van der Waals surface area contributed by atoms with Gasteiger partial charge in [0.15, 0.2) is 0 Å². The van der Waals surface area contributed by atoms with Gasteiger partial charge in [0.25, 0.3) is 0 Å². The van der Waals surface area contributed by atoms with Crippen LogP contribution in [0.4, 0.5) is 17.6 Å². The first-order valence-corrected chi connectivity index (χ1v) is 6.41. The van der Waals surface area contributed by atoms with Crippen LogP contribution in [0, 0.1) is 5.82 Å². The summed E-state index contributed by atoms with van der Waals surface area (Å²) < 4.78 is 55.8. The van der Waals surface area contributed by atoms with Crippen molar-refractivity contribution in [3.05, 3.63) is 45.7 Å². The smallest absolute Gasteiger partial charge is 0.419 e. The van der Waals surface area contributed by atoms with Gasteiger partial charge in [-0.15, -0.1) is 11.3 Å². The van der Waals surface area contributed by atoms with Crippen LogP contribution >= 0.6 is 11.3 Å². The van der Waals surface area contributed by atoms with E-state index in [0.29, 0.717) is 23.3 Å². The fraction of sp³-hybridized carbons (Fsp3) is 0.250. The Bertz CT molecular complexity index is 597. The van der Waals surface area contributed by atoms with Gasteiger partial charge < -0.3 is 10.5 Å². The first-order chi connectivity index (χ1) is 9.40. The van der Waals surface area contributed by atoms with Gasteiger partial charge >= 0.3 is 6.18 Å². The van der Waals surface area contributed by atoms with Crippen molar-refractivity contribution in [3.8, 4) is 5.75 Å². The number of halogens is 4. The number of hydrogen-bond donors (Lipinski definition) is 1. The lowest BCUT2D eigenvalue weighted by atomic mass is 10.2. The average Bonchev–Trinajstić information content (AvgIpc) is 2.84. The molecule has 0 fully saturated rings. The van der Waals surface area contributed by atoms with Gasteiger partial charge in [-0.05, 0) is 18.2 Å². The number of hydrogen-bond acceptors (Lipinski definition) is 4. The van der Waals surface area contributed by atoms with Crippen LogP contribution < -0.4 is 10.5 Å². The maximum absolute atomic E-state index is 13.1. The van der Waals surface area contributed by atoms with E-state index in [1.807, 2.05) is 0 Å². The van der Waals surface area contributed by atoms with Gasteiger partial charge in [0.05, 0.1) is 11.3 Å². The van der Waals surface area contributed by atoms with Crippen LogP contribution in [0.3, 0.4) is 0 Å². The second kappa shape index (κ2) is 5.76. The SMILES string of the molecule is NCc1nc(COc2ccc(F)c(C(F)(F)F)c2)cs1. The zero-order valence-electron chi connectivity index (χ0n) is 10.1. The Labute approximate surface area is 116 Å². The molecule has 2 N–H and O–H groups in total. The molecule has 0 radical (unpaired) electrons. The summed E-state index contributed by atoms with van der Waals surface area (Å²) >= 11 is 1.34. The minimum absolute atomic E-state index is 0.000566. The van der Waals surface area contributed by atoms with Gasteiger partial charge in [-0.25, -0.2) is 9.37 Å². The van der Waals surface area contributed by atoms with E-state index in [2.05, 4.69) is 4.98 Å². The number of ether oxygens (including phenoxy) is 1. The number of benzene rings is 1. The van der Waals surface area contributed by atoms with Gasteiger partial charge in [-0.2, -0.15) is 13.2 Å². The van der Waals surface area contributed by atoms with Crippen molar-refractivity contribution in [2.75, 3.05) is 0 Å². The van der Waals surface area contributed by atoms with E-state index >= 15 is 0 Å². The first-order valence-electron chi connectivity index (χ1n) is 5.53. The second-order valence-corrected chi connectivity index (χ2v) is 4.81. The van der Waals surface area contributed by atoms with Gasteiger partial charge in [0, 0.05) is 11.9 Å². The molecule has 0 aliphatic carbocycles. The summed E-state index contributed by atoms with van der Waals surface area (Å²) in [6.07, 6.45) is -4.75.